The first kappa shape index (κ1) is 15.6. The van der Waals surface area contributed by atoms with Crippen molar-refractivity contribution < 1.29 is 13.9 Å². The Kier molecular flexibility index (Phi) is 4.46. The molecule has 0 aliphatic rings. The van der Waals surface area contributed by atoms with E-state index < -0.39 is 0 Å². The number of rotatable bonds is 5. The molecule has 1 amide bonds. The molecule has 1 N–H and O–H groups in total. The van der Waals surface area contributed by atoms with Gasteiger partial charge < -0.3 is 10.1 Å². The van der Waals surface area contributed by atoms with Gasteiger partial charge in [-0.15, -0.1) is 10.2 Å². The number of hydrogen-bond donors (Lipinski definition) is 1. The molecule has 7 nitrogen and oxygen atoms in total. The average molecular weight is 327 g/mol. The fourth-order valence-corrected chi connectivity index (χ4v) is 2.05. The Bertz CT molecular complexity index is 848. The summed E-state index contributed by atoms with van der Waals surface area (Å²) in [6, 6.07) is 12.7. The molecule has 3 rings (SSSR count). The number of benzene rings is 2. The number of nitrogens with one attached hydrogen (secondary N) is 1. The number of carbonyl (C=O) groups is 1. The van der Waals surface area contributed by atoms with Crippen LogP contribution in [0.25, 0.3) is 11.4 Å². The summed E-state index contributed by atoms with van der Waals surface area (Å²) in [4.78, 5) is 13.1. The summed E-state index contributed by atoms with van der Waals surface area (Å²) < 4.78 is 18.0. The Morgan fingerprint density at radius 2 is 2.04 bits per heavy atom. The molecular weight excluding hydrogens is 313 g/mol. The van der Waals surface area contributed by atoms with E-state index in [1.165, 1.54) is 29.1 Å². The van der Waals surface area contributed by atoms with Crippen molar-refractivity contribution in [2.24, 2.45) is 0 Å². The largest absolute Gasteiger partial charge is 0.497 e. The van der Waals surface area contributed by atoms with Crippen molar-refractivity contribution in [2.75, 3.05) is 12.4 Å². The van der Waals surface area contributed by atoms with Crippen LogP contribution in [0.2, 0.25) is 0 Å². The van der Waals surface area contributed by atoms with Gasteiger partial charge in [0.15, 0.2) is 0 Å². The van der Waals surface area contributed by atoms with E-state index in [2.05, 4.69) is 20.7 Å². The summed E-state index contributed by atoms with van der Waals surface area (Å²) in [5, 5.41) is 14.6. The topological polar surface area (TPSA) is 81.9 Å². The summed E-state index contributed by atoms with van der Waals surface area (Å²) in [5.74, 6) is 0.367. The molecule has 0 radical (unpaired) electrons. The smallest absolute Gasteiger partial charge is 0.248 e. The zero-order chi connectivity index (χ0) is 16.9. The number of methoxy groups -OCH3 is 1. The van der Waals surface area contributed by atoms with Crippen LogP contribution in [0.4, 0.5) is 10.1 Å². The molecule has 0 bridgehead atoms. The van der Waals surface area contributed by atoms with Crippen LogP contribution in [0, 0.1) is 5.82 Å². The average Bonchev–Trinajstić information content (AvgIpc) is 3.05. The second-order valence-electron chi connectivity index (χ2n) is 4.93. The van der Waals surface area contributed by atoms with Crippen molar-refractivity contribution in [3.63, 3.8) is 0 Å². The van der Waals surface area contributed by atoms with Crippen LogP contribution in [0.15, 0.2) is 48.5 Å². The van der Waals surface area contributed by atoms with E-state index in [9.17, 15) is 9.18 Å². The first-order valence-electron chi connectivity index (χ1n) is 7.12. The van der Waals surface area contributed by atoms with Gasteiger partial charge in [0, 0.05) is 11.3 Å². The minimum Gasteiger partial charge on any atom is -0.497 e. The van der Waals surface area contributed by atoms with E-state index >= 15 is 0 Å². The normalized spacial score (nSPS) is 10.4. The highest BCUT2D eigenvalue weighted by Crippen LogP contribution is 2.19. The molecule has 24 heavy (non-hydrogen) atoms. The van der Waals surface area contributed by atoms with E-state index in [1.807, 2.05) is 18.2 Å². The number of anilines is 1. The lowest BCUT2D eigenvalue weighted by Crippen LogP contribution is -2.20. The maximum Gasteiger partial charge on any atom is 0.248 e. The highest BCUT2D eigenvalue weighted by Gasteiger charge is 2.10. The van der Waals surface area contributed by atoms with Gasteiger partial charge in [0.25, 0.3) is 0 Å². The van der Waals surface area contributed by atoms with Gasteiger partial charge >= 0.3 is 0 Å². The first-order valence-corrected chi connectivity index (χ1v) is 7.12. The van der Waals surface area contributed by atoms with Gasteiger partial charge in [-0.2, -0.15) is 4.80 Å². The van der Waals surface area contributed by atoms with Crippen LogP contribution < -0.4 is 10.1 Å². The molecule has 0 saturated heterocycles. The molecule has 0 unspecified atom stereocenters. The van der Waals surface area contributed by atoms with Crippen molar-refractivity contribution >= 4 is 11.6 Å². The minimum atomic E-state index is -0.367. The SMILES string of the molecule is COc1cccc(-c2nnn(CC(=O)Nc3ccc(F)cc3)n2)c1. The van der Waals surface area contributed by atoms with Crippen LogP contribution in [0.5, 0.6) is 5.75 Å². The van der Waals surface area contributed by atoms with Crippen molar-refractivity contribution in [1.82, 2.24) is 20.2 Å². The zero-order valence-corrected chi connectivity index (χ0v) is 12.8. The van der Waals surface area contributed by atoms with Crippen LogP contribution in [0.1, 0.15) is 0 Å². The molecule has 8 heteroatoms. The summed E-state index contributed by atoms with van der Waals surface area (Å²) in [7, 11) is 1.57. The third-order valence-corrected chi connectivity index (χ3v) is 3.19. The van der Waals surface area contributed by atoms with Gasteiger partial charge in [0.2, 0.25) is 11.7 Å². The molecular formula is C16H14FN5O2. The van der Waals surface area contributed by atoms with Crippen LogP contribution in [-0.2, 0) is 11.3 Å². The van der Waals surface area contributed by atoms with E-state index in [4.69, 9.17) is 4.74 Å². The number of halogens is 1. The number of carbonyl (C=O) groups excluding carboxylic acids is 1. The highest BCUT2D eigenvalue weighted by molar-refractivity contribution is 5.90. The Morgan fingerprint density at radius 1 is 1.25 bits per heavy atom. The fourth-order valence-electron chi connectivity index (χ4n) is 2.05. The van der Waals surface area contributed by atoms with Crippen LogP contribution >= 0.6 is 0 Å². The number of ether oxygens (including phenoxy) is 1. The van der Waals surface area contributed by atoms with Gasteiger partial charge in [0.05, 0.1) is 7.11 Å². The van der Waals surface area contributed by atoms with Crippen LogP contribution in [-0.4, -0.2) is 33.2 Å². The summed E-state index contributed by atoms with van der Waals surface area (Å²) in [6.45, 7) is -0.103. The molecule has 0 atom stereocenters. The third-order valence-electron chi connectivity index (χ3n) is 3.19. The Morgan fingerprint density at radius 3 is 2.79 bits per heavy atom. The van der Waals surface area contributed by atoms with Gasteiger partial charge in [0.1, 0.15) is 18.1 Å². The predicted octanol–water partition coefficient (Wildman–Crippen LogP) is 2.13. The first-order chi connectivity index (χ1) is 11.6. The summed E-state index contributed by atoms with van der Waals surface area (Å²) in [5.41, 5.74) is 1.23. The highest BCUT2D eigenvalue weighted by atomic mass is 19.1. The Labute approximate surface area is 137 Å². The second kappa shape index (κ2) is 6.86. The third kappa shape index (κ3) is 3.72. The van der Waals surface area contributed by atoms with Gasteiger partial charge in [-0.3, -0.25) is 4.79 Å². The molecule has 0 saturated carbocycles. The Balaban J connectivity index is 1.67. The number of hydrogen-bond acceptors (Lipinski definition) is 5. The van der Waals surface area contributed by atoms with Crippen LogP contribution in [0.3, 0.4) is 0 Å². The molecule has 1 heterocycles. The molecule has 2 aromatic carbocycles. The van der Waals surface area contributed by atoms with Crippen molar-refractivity contribution in [1.29, 1.82) is 0 Å². The lowest BCUT2D eigenvalue weighted by molar-refractivity contribution is -0.117. The molecule has 1 aromatic heterocycles. The number of nitrogens with zero attached hydrogens (tertiary/aromatic N) is 4. The van der Waals surface area contributed by atoms with Crippen molar-refractivity contribution in [2.45, 2.75) is 6.54 Å². The van der Waals surface area contributed by atoms with E-state index in [1.54, 1.807) is 13.2 Å². The fraction of sp³-hybridized carbons (Fsp3) is 0.125. The lowest BCUT2D eigenvalue weighted by Gasteiger charge is -2.04. The molecule has 3 aromatic rings. The quantitative estimate of drug-likeness (QED) is 0.776. The number of amides is 1. The standard InChI is InChI=1S/C16H14FN5O2/c1-24-14-4-2-3-11(9-14)16-19-21-22(20-16)10-15(23)18-13-7-5-12(17)6-8-13/h2-9H,10H2,1H3,(H,18,23). The molecule has 0 spiro atoms. The van der Waals surface area contributed by atoms with Gasteiger partial charge in [-0.1, -0.05) is 12.1 Å². The van der Waals surface area contributed by atoms with Crippen molar-refractivity contribution in [3.05, 3.63) is 54.3 Å². The minimum absolute atomic E-state index is 0.103. The summed E-state index contributed by atoms with van der Waals surface area (Å²) >= 11 is 0. The van der Waals surface area contributed by atoms with Crippen molar-refractivity contribution in [3.8, 4) is 17.1 Å². The predicted molar refractivity (Wildman–Crippen MR) is 84.8 cm³/mol. The van der Waals surface area contributed by atoms with Gasteiger partial charge in [-0.05, 0) is 41.6 Å². The molecule has 0 aliphatic carbocycles. The summed E-state index contributed by atoms with van der Waals surface area (Å²) in [6.07, 6.45) is 0. The lowest BCUT2D eigenvalue weighted by atomic mass is 10.2. The second-order valence-corrected chi connectivity index (χ2v) is 4.93. The zero-order valence-electron chi connectivity index (χ0n) is 12.8. The number of tetrazole rings is 1. The molecule has 122 valence electrons. The maximum atomic E-state index is 12.8. The van der Waals surface area contributed by atoms with E-state index in [-0.39, 0.29) is 18.3 Å². The monoisotopic (exact) mass is 327 g/mol. The Hall–Kier alpha value is -3.29. The van der Waals surface area contributed by atoms with Gasteiger partial charge in [-0.25, -0.2) is 4.39 Å². The van der Waals surface area contributed by atoms with E-state index in [0.717, 1.165) is 5.56 Å². The van der Waals surface area contributed by atoms with E-state index in [0.29, 0.717) is 17.3 Å². The molecule has 0 fully saturated rings. The maximum absolute atomic E-state index is 12.8. The number of aromatic nitrogens is 4. The molecule has 0 aliphatic heterocycles.